The van der Waals surface area contributed by atoms with Crippen molar-refractivity contribution in [3.8, 4) is 5.69 Å². The molecular formula is C11H10BrN2. The zero-order valence-electron chi connectivity index (χ0n) is 8.08. The first kappa shape index (κ1) is 9.46. The van der Waals surface area contributed by atoms with E-state index < -0.39 is 0 Å². The van der Waals surface area contributed by atoms with Gasteiger partial charge in [0.25, 0.3) is 0 Å². The van der Waals surface area contributed by atoms with E-state index in [1.165, 1.54) is 0 Å². The second kappa shape index (κ2) is 3.58. The number of nitrogens with zero attached hydrogens (tertiary/aromatic N) is 2. The molecule has 0 aliphatic rings. The maximum Gasteiger partial charge on any atom is 0.0680 e. The molecule has 0 atom stereocenters. The van der Waals surface area contributed by atoms with Crippen LogP contribution in [0.3, 0.4) is 0 Å². The van der Waals surface area contributed by atoms with Crippen LogP contribution in [-0.2, 0) is 0 Å². The van der Waals surface area contributed by atoms with Gasteiger partial charge < -0.3 is 0 Å². The van der Waals surface area contributed by atoms with E-state index in [1.807, 2.05) is 42.8 Å². The van der Waals surface area contributed by atoms with Crippen LogP contribution in [0.5, 0.6) is 0 Å². The number of rotatable bonds is 1. The van der Waals surface area contributed by atoms with Crippen LogP contribution < -0.4 is 0 Å². The lowest BCUT2D eigenvalue weighted by Crippen LogP contribution is -1.98. The predicted molar refractivity (Wildman–Crippen MR) is 59.6 cm³/mol. The number of aromatic nitrogens is 2. The first-order valence-electron chi connectivity index (χ1n) is 4.38. The second-order valence-electron chi connectivity index (χ2n) is 3.18. The van der Waals surface area contributed by atoms with Crippen molar-refractivity contribution in [2.75, 3.05) is 0 Å². The molecule has 0 amide bonds. The minimum atomic E-state index is 0.922. The van der Waals surface area contributed by atoms with Gasteiger partial charge in [-0.1, -0.05) is 15.9 Å². The summed E-state index contributed by atoms with van der Waals surface area (Å²) in [7, 11) is 0. The van der Waals surface area contributed by atoms with Crippen molar-refractivity contribution in [3.63, 3.8) is 0 Å². The molecule has 3 heteroatoms. The topological polar surface area (TPSA) is 17.8 Å². The molecule has 2 nitrogen and oxygen atoms in total. The molecule has 0 saturated carbocycles. The Morgan fingerprint density at radius 1 is 1.21 bits per heavy atom. The van der Waals surface area contributed by atoms with E-state index in [9.17, 15) is 0 Å². The van der Waals surface area contributed by atoms with Gasteiger partial charge in [0.2, 0.25) is 0 Å². The van der Waals surface area contributed by atoms with Crippen LogP contribution in [0.25, 0.3) is 5.69 Å². The van der Waals surface area contributed by atoms with Crippen molar-refractivity contribution in [2.45, 2.75) is 13.8 Å². The van der Waals surface area contributed by atoms with Crippen molar-refractivity contribution < 1.29 is 0 Å². The molecule has 0 fully saturated rings. The Bertz CT molecular complexity index is 443. The molecule has 2 aromatic rings. The van der Waals surface area contributed by atoms with E-state index in [2.05, 4.69) is 27.1 Å². The fraction of sp³-hybridized carbons (Fsp3) is 0.182. The summed E-state index contributed by atoms with van der Waals surface area (Å²) in [4.78, 5) is 0. The lowest BCUT2D eigenvalue weighted by Gasteiger charge is -2.03. The molecule has 0 bridgehead atoms. The van der Waals surface area contributed by atoms with Gasteiger partial charge in [0, 0.05) is 16.2 Å². The monoisotopic (exact) mass is 249 g/mol. The van der Waals surface area contributed by atoms with Gasteiger partial charge in [0.15, 0.2) is 0 Å². The molecule has 0 aliphatic carbocycles. The number of halogens is 1. The summed E-state index contributed by atoms with van der Waals surface area (Å²) in [5.41, 5.74) is 3.02. The lowest BCUT2D eigenvalue weighted by molar-refractivity contribution is 0.833. The third-order valence-corrected chi connectivity index (χ3v) is 2.53. The third kappa shape index (κ3) is 1.73. The Morgan fingerprint density at radius 3 is 2.36 bits per heavy atom. The van der Waals surface area contributed by atoms with Gasteiger partial charge >= 0.3 is 0 Å². The Kier molecular flexibility index (Phi) is 2.42. The van der Waals surface area contributed by atoms with Gasteiger partial charge in [-0.05, 0) is 38.1 Å². The Balaban J connectivity index is 2.49. The van der Waals surface area contributed by atoms with Crippen molar-refractivity contribution in [2.24, 2.45) is 0 Å². The van der Waals surface area contributed by atoms with Gasteiger partial charge in [0.1, 0.15) is 0 Å². The zero-order valence-corrected chi connectivity index (χ0v) is 9.67. The first-order chi connectivity index (χ1) is 6.66. The molecule has 0 aliphatic heterocycles. The van der Waals surface area contributed by atoms with E-state index in [0.717, 1.165) is 21.5 Å². The molecular weight excluding hydrogens is 240 g/mol. The third-order valence-electron chi connectivity index (χ3n) is 2.00. The molecule has 1 heterocycles. The van der Waals surface area contributed by atoms with Gasteiger partial charge in [-0.3, -0.25) is 0 Å². The standard InChI is InChI=1S/C11H10BrN2/c1-8-7-9(2)14(13-8)11-5-3-10(12)4-6-11/h3-6H,1-2H3. The van der Waals surface area contributed by atoms with E-state index >= 15 is 0 Å². The predicted octanol–water partition coefficient (Wildman–Crippen LogP) is 3.05. The maximum atomic E-state index is 4.36. The molecule has 2 rings (SSSR count). The van der Waals surface area contributed by atoms with Crippen molar-refractivity contribution in [3.05, 3.63) is 46.2 Å². The summed E-state index contributed by atoms with van der Waals surface area (Å²) in [5.74, 6) is 0. The molecule has 0 spiro atoms. The summed E-state index contributed by atoms with van der Waals surface area (Å²) in [6.07, 6.45) is 0. The molecule has 1 radical (unpaired) electrons. The molecule has 0 N–H and O–H groups in total. The van der Waals surface area contributed by atoms with Crippen LogP contribution in [0.2, 0.25) is 0 Å². The minimum absolute atomic E-state index is 0.922. The Labute approximate surface area is 91.7 Å². The zero-order chi connectivity index (χ0) is 10.1. The molecule has 0 unspecified atom stereocenters. The largest absolute Gasteiger partial charge is 0.237 e. The highest BCUT2D eigenvalue weighted by Crippen LogP contribution is 2.15. The van der Waals surface area contributed by atoms with Crippen LogP contribution >= 0.6 is 15.9 Å². The number of aryl methyl sites for hydroxylation is 2. The van der Waals surface area contributed by atoms with E-state index in [4.69, 9.17) is 0 Å². The smallest absolute Gasteiger partial charge is 0.0680 e. The Morgan fingerprint density at radius 2 is 1.86 bits per heavy atom. The fourth-order valence-electron chi connectivity index (χ4n) is 1.40. The molecule has 71 valence electrons. The summed E-state index contributed by atoms with van der Waals surface area (Å²) < 4.78 is 2.97. The molecule has 1 aromatic carbocycles. The first-order valence-corrected chi connectivity index (χ1v) is 5.17. The highest BCUT2D eigenvalue weighted by molar-refractivity contribution is 9.10. The van der Waals surface area contributed by atoms with E-state index in [1.54, 1.807) is 0 Å². The van der Waals surface area contributed by atoms with Crippen LogP contribution in [0.15, 0.2) is 28.7 Å². The molecule has 1 aromatic heterocycles. The number of benzene rings is 1. The summed E-state index contributed by atoms with van der Waals surface area (Å²) in [6, 6.07) is 11.2. The SMILES string of the molecule is Cc1[c]c(C)n(-c2ccc(Br)cc2)n1. The summed E-state index contributed by atoms with van der Waals surface area (Å²) in [5, 5.41) is 4.36. The maximum absolute atomic E-state index is 4.36. The average Bonchev–Trinajstić information content (AvgIpc) is 2.47. The van der Waals surface area contributed by atoms with Crippen LogP contribution in [0.4, 0.5) is 0 Å². The highest BCUT2D eigenvalue weighted by Gasteiger charge is 2.02. The quantitative estimate of drug-likeness (QED) is 0.760. The molecule has 0 saturated heterocycles. The minimum Gasteiger partial charge on any atom is -0.237 e. The summed E-state index contributed by atoms with van der Waals surface area (Å²) in [6.45, 7) is 3.95. The van der Waals surface area contributed by atoms with Crippen molar-refractivity contribution in [1.29, 1.82) is 0 Å². The van der Waals surface area contributed by atoms with E-state index in [0.29, 0.717) is 0 Å². The number of hydrogen-bond donors (Lipinski definition) is 0. The Hall–Kier alpha value is -1.09. The average molecular weight is 250 g/mol. The van der Waals surface area contributed by atoms with Gasteiger partial charge in [-0.2, -0.15) is 5.10 Å². The van der Waals surface area contributed by atoms with Crippen LogP contribution in [0, 0.1) is 19.9 Å². The molecule has 14 heavy (non-hydrogen) atoms. The van der Waals surface area contributed by atoms with Crippen molar-refractivity contribution >= 4 is 15.9 Å². The van der Waals surface area contributed by atoms with Gasteiger partial charge in [-0.15, -0.1) is 0 Å². The summed E-state index contributed by atoms with van der Waals surface area (Å²) >= 11 is 3.40. The van der Waals surface area contributed by atoms with Crippen LogP contribution in [0.1, 0.15) is 11.4 Å². The van der Waals surface area contributed by atoms with E-state index in [-0.39, 0.29) is 0 Å². The second-order valence-corrected chi connectivity index (χ2v) is 4.10. The number of hydrogen-bond acceptors (Lipinski definition) is 1. The van der Waals surface area contributed by atoms with Crippen molar-refractivity contribution in [1.82, 2.24) is 9.78 Å². The van der Waals surface area contributed by atoms with Gasteiger partial charge in [0.05, 0.1) is 11.4 Å². The van der Waals surface area contributed by atoms with Crippen LogP contribution in [-0.4, -0.2) is 9.78 Å². The lowest BCUT2D eigenvalue weighted by atomic mass is 10.3. The van der Waals surface area contributed by atoms with Gasteiger partial charge in [-0.25, -0.2) is 4.68 Å². The highest BCUT2D eigenvalue weighted by atomic mass is 79.9. The normalized spacial score (nSPS) is 10.5. The fourth-order valence-corrected chi connectivity index (χ4v) is 1.66.